The van der Waals surface area contributed by atoms with Crippen molar-refractivity contribution in [3.63, 3.8) is 0 Å². The minimum absolute atomic E-state index is 0.279. The van der Waals surface area contributed by atoms with Crippen molar-refractivity contribution in [1.29, 1.82) is 0 Å². The van der Waals surface area contributed by atoms with Crippen LogP contribution in [0.5, 0.6) is 0 Å². The number of carbonyl (C=O) groups is 1. The summed E-state index contributed by atoms with van der Waals surface area (Å²) in [7, 11) is 0. The number of hydrogen-bond acceptors (Lipinski definition) is 5. The van der Waals surface area contributed by atoms with Gasteiger partial charge in [0, 0.05) is 24.2 Å². The molecule has 1 aromatic carbocycles. The lowest BCUT2D eigenvalue weighted by Gasteiger charge is -2.42. The highest BCUT2D eigenvalue weighted by Crippen LogP contribution is 2.45. The van der Waals surface area contributed by atoms with Crippen molar-refractivity contribution < 1.29 is 9.18 Å². The van der Waals surface area contributed by atoms with E-state index in [1.54, 1.807) is 36.3 Å². The molecule has 1 saturated heterocycles. The first kappa shape index (κ1) is 19.5. The van der Waals surface area contributed by atoms with Crippen LogP contribution in [-0.4, -0.2) is 38.4 Å². The summed E-state index contributed by atoms with van der Waals surface area (Å²) in [4.78, 5) is 17.4. The maximum Gasteiger partial charge on any atom is 0.131 e. The van der Waals surface area contributed by atoms with E-state index in [0.29, 0.717) is 18.1 Å². The van der Waals surface area contributed by atoms with Gasteiger partial charge in [0.2, 0.25) is 0 Å². The molecule has 30 heavy (non-hydrogen) atoms. The first-order valence-corrected chi connectivity index (χ1v) is 10.8. The summed E-state index contributed by atoms with van der Waals surface area (Å²) in [5.74, 6) is -0.279. The number of aldehydes is 1. The fraction of sp³-hybridized carbons (Fsp3) is 0.227. The molecule has 5 rings (SSSR count). The number of nitrogens with zero attached hydrogens (tertiary/aromatic N) is 4. The van der Waals surface area contributed by atoms with Gasteiger partial charge in [0.05, 0.1) is 23.0 Å². The number of fused-ring (bicyclic) bond motifs is 2. The van der Waals surface area contributed by atoms with Crippen molar-refractivity contribution in [3.05, 3.63) is 76.6 Å². The summed E-state index contributed by atoms with van der Waals surface area (Å²) in [5, 5.41) is 4.97. The summed E-state index contributed by atoms with van der Waals surface area (Å²) >= 11 is 7.48. The number of piperidine rings is 1. The Labute approximate surface area is 182 Å². The van der Waals surface area contributed by atoms with E-state index in [1.165, 1.54) is 12.1 Å². The maximum absolute atomic E-state index is 13.3. The molecule has 0 spiro atoms. The lowest BCUT2D eigenvalue weighted by atomic mass is 9.70. The fourth-order valence-electron chi connectivity index (χ4n) is 4.15. The van der Waals surface area contributed by atoms with Crippen LogP contribution < -0.4 is 0 Å². The second kappa shape index (κ2) is 7.65. The van der Waals surface area contributed by atoms with Crippen LogP contribution in [-0.2, 0) is 11.2 Å². The third-order valence-corrected chi connectivity index (χ3v) is 6.91. The molecule has 0 saturated carbocycles. The van der Waals surface area contributed by atoms with Gasteiger partial charge in [-0.2, -0.15) is 5.10 Å². The second-order valence-corrected chi connectivity index (χ2v) is 9.14. The Balaban J connectivity index is 1.43. The number of aromatic nitrogens is 3. The van der Waals surface area contributed by atoms with Crippen LogP contribution in [0.15, 0.2) is 59.3 Å². The zero-order chi connectivity index (χ0) is 20.7. The Morgan fingerprint density at radius 1 is 1.17 bits per heavy atom. The molecule has 0 radical (unpaired) electrons. The van der Waals surface area contributed by atoms with Crippen LogP contribution >= 0.6 is 23.5 Å². The molecule has 152 valence electrons. The first-order chi connectivity index (χ1) is 14.6. The van der Waals surface area contributed by atoms with Gasteiger partial charge in [0.15, 0.2) is 0 Å². The number of carbonyl (C=O) groups excluding carboxylic acids is 1. The van der Waals surface area contributed by atoms with Gasteiger partial charge in [0.25, 0.3) is 0 Å². The van der Waals surface area contributed by atoms with Gasteiger partial charge in [0.1, 0.15) is 17.3 Å². The molecule has 2 aromatic heterocycles. The van der Waals surface area contributed by atoms with Gasteiger partial charge >= 0.3 is 0 Å². The summed E-state index contributed by atoms with van der Waals surface area (Å²) in [6.45, 7) is 1.45. The van der Waals surface area contributed by atoms with Crippen molar-refractivity contribution in [3.8, 4) is 5.69 Å². The Morgan fingerprint density at radius 2 is 2.00 bits per heavy atom. The van der Waals surface area contributed by atoms with Crippen LogP contribution in [0, 0.1) is 11.2 Å². The highest BCUT2D eigenvalue weighted by Gasteiger charge is 2.43. The van der Waals surface area contributed by atoms with Gasteiger partial charge in [-0.3, -0.25) is 0 Å². The molecule has 5 nitrogen and oxygen atoms in total. The Kier molecular flexibility index (Phi) is 4.97. The predicted molar refractivity (Wildman–Crippen MR) is 115 cm³/mol. The minimum Gasteiger partial charge on any atom is -0.302 e. The quantitative estimate of drug-likeness (QED) is 0.337. The normalized spacial score (nSPS) is 20.9. The van der Waals surface area contributed by atoms with Gasteiger partial charge in [-0.1, -0.05) is 17.2 Å². The Morgan fingerprint density at radius 3 is 2.73 bits per heavy atom. The van der Waals surface area contributed by atoms with Gasteiger partial charge < -0.3 is 4.79 Å². The van der Waals surface area contributed by atoms with Crippen LogP contribution in [0.2, 0.25) is 5.15 Å². The number of rotatable bonds is 4. The Bertz CT molecular complexity index is 1130. The SMILES string of the molecule is O=CC12Cc3cnn(-c4ccc(F)cc4)c3C=C1CCN(Sc1ccc(Cl)nc1)C2. The molecular weight excluding hydrogens is 423 g/mol. The van der Waals surface area contributed by atoms with E-state index in [-0.39, 0.29) is 5.82 Å². The molecule has 1 unspecified atom stereocenters. The van der Waals surface area contributed by atoms with E-state index >= 15 is 0 Å². The molecule has 8 heteroatoms. The van der Waals surface area contributed by atoms with Crippen LogP contribution in [0.1, 0.15) is 17.7 Å². The molecule has 0 N–H and O–H groups in total. The van der Waals surface area contributed by atoms with Crippen molar-refractivity contribution in [1.82, 2.24) is 19.1 Å². The predicted octanol–water partition coefficient (Wildman–Crippen LogP) is 4.60. The van der Waals surface area contributed by atoms with Crippen LogP contribution in [0.3, 0.4) is 0 Å². The third kappa shape index (κ3) is 3.47. The van der Waals surface area contributed by atoms with Gasteiger partial charge in [-0.15, -0.1) is 0 Å². The van der Waals surface area contributed by atoms with Gasteiger partial charge in [-0.25, -0.2) is 18.4 Å². The molecule has 2 aliphatic rings. The van der Waals surface area contributed by atoms with E-state index in [4.69, 9.17) is 11.6 Å². The molecule has 1 fully saturated rings. The zero-order valence-corrected chi connectivity index (χ0v) is 17.5. The topological polar surface area (TPSA) is 51.0 Å². The highest BCUT2D eigenvalue weighted by molar-refractivity contribution is 7.97. The van der Waals surface area contributed by atoms with E-state index < -0.39 is 5.41 Å². The Hall–Kier alpha value is -2.48. The number of halogens is 2. The molecule has 3 heterocycles. The number of benzene rings is 1. The molecule has 1 aliphatic heterocycles. The first-order valence-electron chi connectivity index (χ1n) is 9.61. The van der Waals surface area contributed by atoms with Crippen molar-refractivity contribution in [2.24, 2.45) is 5.41 Å². The lowest BCUT2D eigenvalue weighted by Crippen LogP contribution is -2.45. The van der Waals surface area contributed by atoms with Crippen molar-refractivity contribution >= 4 is 35.9 Å². The van der Waals surface area contributed by atoms with E-state index in [1.807, 2.05) is 16.9 Å². The smallest absolute Gasteiger partial charge is 0.131 e. The number of hydrogen-bond donors (Lipinski definition) is 0. The standard InChI is InChI=1S/C22H18ClFN4OS/c23-21-6-5-19(12-25-21)30-27-8-7-16-9-20-15(10-22(16,13-27)14-29)11-26-28(20)18-3-1-17(24)2-4-18/h1-6,9,11-12,14H,7-8,10,13H2. The minimum atomic E-state index is -0.561. The monoisotopic (exact) mass is 440 g/mol. The van der Waals surface area contributed by atoms with Crippen LogP contribution in [0.25, 0.3) is 11.8 Å². The van der Waals surface area contributed by atoms with Crippen molar-refractivity contribution in [2.75, 3.05) is 13.1 Å². The van der Waals surface area contributed by atoms with Crippen LogP contribution in [0.4, 0.5) is 4.39 Å². The van der Waals surface area contributed by atoms with Crippen molar-refractivity contribution in [2.45, 2.75) is 17.7 Å². The maximum atomic E-state index is 13.3. The molecule has 0 amide bonds. The summed E-state index contributed by atoms with van der Waals surface area (Å²) in [6.07, 6.45) is 8.14. The average Bonchev–Trinajstić information content (AvgIpc) is 3.16. The van der Waals surface area contributed by atoms with E-state index in [9.17, 15) is 9.18 Å². The fourth-order valence-corrected chi connectivity index (χ4v) is 5.26. The molecule has 1 atom stereocenters. The zero-order valence-electron chi connectivity index (χ0n) is 16.0. The van der Waals surface area contributed by atoms with Gasteiger partial charge in [-0.05, 0) is 72.8 Å². The molecular formula is C22H18ClFN4OS. The highest BCUT2D eigenvalue weighted by atomic mass is 35.5. The summed E-state index contributed by atoms with van der Waals surface area (Å²) in [6, 6.07) is 9.98. The lowest BCUT2D eigenvalue weighted by molar-refractivity contribution is -0.115. The largest absolute Gasteiger partial charge is 0.302 e. The number of pyridine rings is 1. The molecule has 0 bridgehead atoms. The second-order valence-electron chi connectivity index (χ2n) is 7.59. The summed E-state index contributed by atoms with van der Waals surface area (Å²) in [5.41, 5.74) is 3.36. The summed E-state index contributed by atoms with van der Waals surface area (Å²) < 4.78 is 17.3. The molecule has 3 aromatic rings. The molecule has 1 aliphatic carbocycles. The van der Waals surface area contributed by atoms with E-state index in [2.05, 4.69) is 20.5 Å². The van der Waals surface area contributed by atoms with E-state index in [0.717, 1.165) is 46.7 Å². The average molecular weight is 441 g/mol. The third-order valence-electron chi connectivity index (χ3n) is 5.66.